The maximum absolute atomic E-state index is 12.0. The number of rotatable bonds is 6. The predicted molar refractivity (Wildman–Crippen MR) is 73.2 cm³/mol. The molecule has 1 unspecified atom stereocenters. The number of carbonyl (C=O) groups excluding carboxylic acids is 2. The average molecular weight is 285 g/mol. The Balaban J connectivity index is 3.33. The lowest BCUT2D eigenvalue weighted by Gasteiger charge is -2.13. The van der Waals surface area contributed by atoms with E-state index in [9.17, 15) is 9.59 Å². The smallest absolute Gasteiger partial charge is 0.342 e. The molecule has 0 aromatic heterocycles. The molecule has 0 bridgehead atoms. The highest BCUT2D eigenvalue weighted by molar-refractivity contribution is 6.34. The highest BCUT2D eigenvalue weighted by Gasteiger charge is 2.24. The second kappa shape index (κ2) is 7.14. The summed E-state index contributed by atoms with van der Waals surface area (Å²) >= 11 is 5.80. The lowest BCUT2D eigenvalue weighted by molar-refractivity contribution is 0.0518. The third-order valence-electron chi connectivity index (χ3n) is 2.43. The van der Waals surface area contributed by atoms with Gasteiger partial charge >= 0.3 is 5.97 Å². The highest BCUT2D eigenvalue weighted by Crippen LogP contribution is 2.25. The summed E-state index contributed by atoms with van der Waals surface area (Å²) in [5.41, 5.74) is 0.371. The fourth-order valence-corrected chi connectivity index (χ4v) is 1.76. The van der Waals surface area contributed by atoms with Crippen molar-refractivity contribution in [2.45, 2.75) is 26.1 Å². The fourth-order valence-electron chi connectivity index (χ4n) is 1.64. The van der Waals surface area contributed by atoms with Crippen molar-refractivity contribution < 1.29 is 19.1 Å². The highest BCUT2D eigenvalue weighted by atomic mass is 35.5. The first-order valence-corrected chi connectivity index (χ1v) is 6.57. The van der Waals surface area contributed by atoms with Gasteiger partial charge in [0.15, 0.2) is 5.78 Å². The minimum atomic E-state index is -0.718. The summed E-state index contributed by atoms with van der Waals surface area (Å²) in [6.45, 7) is 5.68. The SMILES string of the molecule is CCOC(=O)c1c(OCC)cccc1C(=O)C(C)Cl. The van der Waals surface area contributed by atoms with Crippen LogP contribution in [0.15, 0.2) is 18.2 Å². The maximum Gasteiger partial charge on any atom is 0.342 e. The van der Waals surface area contributed by atoms with Gasteiger partial charge in [-0.15, -0.1) is 11.6 Å². The second-order valence-electron chi connectivity index (χ2n) is 3.81. The Bertz CT molecular complexity index is 469. The summed E-state index contributed by atoms with van der Waals surface area (Å²) in [6, 6.07) is 4.83. The van der Waals surface area contributed by atoms with Gasteiger partial charge in [-0.25, -0.2) is 4.79 Å². The Labute approximate surface area is 117 Å². The number of alkyl halides is 1. The Morgan fingerprint density at radius 3 is 2.47 bits per heavy atom. The first-order chi connectivity index (χ1) is 9.02. The van der Waals surface area contributed by atoms with Gasteiger partial charge in [-0.1, -0.05) is 12.1 Å². The van der Waals surface area contributed by atoms with Crippen molar-refractivity contribution in [1.82, 2.24) is 0 Å². The van der Waals surface area contributed by atoms with Crippen molar-refractivity contribution in [2.75, 3.05) is 13.2 Å². The first-order valence-electron chi connectivity index (χ1n) is 6.14. The molecule has 1 aromatic rings. The van der Waals surface area contributed by atoms with Crippen LogP contribution in [0.5, 0.6) is 5.75 Å². The van der Waals surface area contributed by atoms with E-state index in [2.05, 4.69) is 0 Å². The van der Waals surface area contributed by atoms with Crippen LogP contribution in [-0.4, -0.2) is 30.3 Å². The molecule has 0 radical (unpaired) electrons. The lowest BCUT2D eigenvalue weighted by Crippen LogP contribution is -2.18. The van der Waals surface area contributed by atoms with E-state index in [0.29, 0.717) is 12.4 Å². The van der Waals surface area contributed by atoms with Gasteiger partial charge in [-0.2, -0.15) is 0 Å². The number of esters is 1. The molecule has 0 fully saturated rings. The monoisotopic (exact) mass is 284 g/mol. The maximum atomic E-state index is 12.0. The number of hydrogen-bond donors (Lipinski definition) is 0. The number of hydrogen-bond acceptors (Lipinski definition) is 4. The minimum Gasteiger partial charge on any atom is -0.493 e. The zero-order valence-corrected chi connectivity index (χ0v) is 12.0. The van der Waals surface area contributed by atoms with Crippen LogP contribution in [0.3, 0.4) is 0 Å². The summed E-state index contributed by atoms with van der Waals surface area (Å²) in [5.74, 6) is -0.567. The summed E-state index contributed by atoms with van der Waals surface area (Å²) in [4.78, 5) is 24.0. The van der Waals surface area contributed by atoms with Crippen LogP contribution in [0.2, 0.25) is 0 Å². The number of ether oxygens (including phenoxy) is 2. The predicted octanol–water partition coefficient (Wildman–Crippen LogP) is 3.07. The van der Waals surface area contributed by atoms with Gasteiger partial charge in [0.2, 0.25) is 0 Å². The molecule has 1 atom stereocenters. The fraction of sp³-hybridized carbons (Fsp3) is 0.429. The van der Waals surface area contributed by atoms with E-state index >= 15 is 0 Å². The molecule has 1 aromatic carbocycles. The molecular formula is C14H17ClO4. The molecular weight excluding hydrogens is 268 g/mol. The van der Waals surface area contributed by atoms with Gasteiger partial charge in [-0.05, 0) is 26.8 Å². The summed E-state index contributed by atoms with van der Waals surface area (Å²) in [7, 11) is 0. The summed E-state index contributed by atoms with van der Waals surface area (Å²) < 4.78 is 10.4. The van der Waals surface area contributed by atoms with Crippen LogP contribution in [0.25, 0.3) is 0 Å². The van der Waals surface area contributed by atoms with Crippen molar-refractivity contribution in [3.63, 3.8) is 0 Å². The molecule has 4 nitrogen and oxygen atoms in total. The molecule has 19 heavy (non-hydrogen) atoms. The molecule has 1 rings (SSSR count). The summed E-state index contributed by atoms with van der Waals surface area (Å²) in [6.07, 6.45) is 0. The molecule has 0 aliphatic rings. The van der Waals surface area contributed by atoms with Gasteiger partial charge < -0.3 is 9.47 Å². The van der Waals surface area contributed by atoms with Gasteiger partial charge in [-0.3, -0.25) is 4.79 Å². The largest absolute Gasteiger partial charge is 0.493 e. The van der Waals surface area contributed by atoms with Gasteiger partial charge in [0.05, 0.1) is 18.6 Å². The summed E-state index contributed by atoms with van der Waals surface area (Å²) in [5, 5.41) is -0.718. The zero-order chi connectivity index (χ0) is 14.4. The van der Waals surface area contributed by atoms with Gasteiger partial charge in [0, 0.05) is 5.56 Å². The van der Waals surface area contributed by atoms with E-state index in [-0.39, 0.29) is 23.5 Å². The zero-order valence-electron chi connectivity index (χ0n) is 11.2. The Morgan fingerprint density at radius 2 is 1.95 bits per heavy atom. The number of benzene rings is 1. The minimum absolute atomic E-state index is 0.142. The molecule has 0 saturated heterocycles. The van der Waals surface area contributed by atoms with Crippen molar-refractivity contribution in [2.24, 2.45) is 0 Å². The van der Waals surface area contributed by atoms with Crippen molar-refractivity contribution >= 4 is 23.4 Å². The molecule has 104 valence electrons. The van der Waals surface area contributed by atoms with Crippen LogP contribution < -0.4 is 4.74 Å². The van der Waals surface area contributed by atoms with E-state index in [0.717, 1.165) is 0 Å². The quantitative estimate of drug-likeness (QED) is 0.458. The van der Waals surface area contributed by atoms with Crippen LogP contribution in [0, 0.1) is 0 Å². The van der Waals surface area contributed by atoms with E-state index in [1.54, 1.807) is 39.0 Å². The van der Waals surface area contributed by atoms with Crippen molar-refractivity contribution in [3.8, 4) is 5.75 Å². The molecule has 0 heterocycles. The number of ketones is 1. The van der Waals surface area contributed by atoms with Crippen molar-refractivity contribution in [3.05, 3.63) is 29.3 Å². The average Bonchev–Trinajstić information content (AvgIpc) is 2.38. The Hall–Kier alpha value is -1.55. The first kappa shape index (κ1) is 15.5. The van der Waals surface area contributed by atoms with Crippen molar-refractivity contribution in [1.29, 1.82) is 0 Å². The molecule has 0 saturated carbocycles. The topological polar surface area (TPSA) is 52.6 Å². The van der Waals surface area contributed by atoms with Gasteiger partial charge in [0.25, 0.3) is 0 Å². The third-order valence-corrected chi connectivity index (χ3v) is 2.63. The molecule has 0 aliphatic carbocycles. The van der Waals surface area contributed by atoms with Crippen LogP contribution >= 0.6 is 11.6 Å². The Morgan fingerprint density at radius 1 is 1.26 bits per heavy atom. The van der Waals surface area contributed by atoms with Crippen LogP contribution in [0.1, 0.15) is 41.5 Å². The third kappa shape index (κ3) is 3.70. The van der Waals surface area contributed by atoms with E-state index in [1.807, 2.05) is 0 Å². The standard InChI is InChI=1S/C14H17ClO4/c1-4-18-11-8-6-7-10(13(16)9(3)15)12(11)14(17)19-5-2/h6-9H,4-5H2,1-3H3. The van der Waals surface area contributed by atoms with E-state index < -0.39 is 11.3 Å². The molecule has 0 N–H and O–H groups in total. The van der Waals surface area contributed by atoms with Crippen LogP contribution in [-0.2, 0) is 4.74 Å². The van der Waals surface area contributed by atoms with E-state index in [4.69, 9.17) is 21.1 Å². The number of carbonyl (C=O) groups is 2. The van der Waals surface area contributed by atoms with Gasteiger partial charge in [0.1, 0.15) is 11.3 Å². The molecule has 0 spiro atoms. The molecule has 5 heteroatoms. The number of halogens is 1. The lowest BCUT2D eigenvalue weighted by atomic mass is 10.0. The van der Waals surface area contributed by atoms with Crippen LogP contribution in [0.4, 0.5) is 0 Å². The molecule has 0 aliphatic heterocycles. The second-order valence-corrected chi connectivity index (χ2v) is 4.47. The number of Topliss-reactive ketones (excluding diaryl/α,β-unsaturated/α-hetero) is 1. The normalized spacial score (nSPS) is 11.8. The Kier molecular flexibility index (Phi) is 5.83. The molecule has 0 amide bonds. The van der Waals surface area contributed by atoms with E-state index in [1.165, 1.54) is 0 Å².